The lowest BCUT2D eigenvalue weighted by Crippen LogP contribution is -2.16. The van der Waals surface area contributed by atoms with Crippen molar-refractivity contribution in [2.45, 2.75) is 18.9 Å². The lowest BCUT2D eigenvalue weighted by molar-refractivity contribution is -0.137. The standard InChI is InChI=1S/C12H17NO3/c1-16-8-9-3-2-4-10(5-9)11(7-13)6-12(14)15/h2-5,11H,6-8,13H2,1H3,(H,14,15). The van der Waals surface area contributed by atoms with Crippen LogP contribution in [0.3, 0.4) is 0 Å². The van der Waals surface area contributed by atoms with E-state index in [-0.39, 0.29) is 12.3 Å². The Morgan fingerprint density at radius 3 is 2.88 bits per heavy atom. The topological polar surface area (TPSA) is 72.5 Å². The Hall–Kier alpha value is -1.39. The summed E-state index contributed by atoms with van der Waals surface area (Å²) in [5.41, 5.74) is 7.57. The lowest BCUT2D eigenvalue weighted by Gasteiger charge is -2.13. The van der Waals surface area contributed by atoms with Gasteiger partial charge in [0, 0.05) is 13.0 Å². The van der Waals surface area contributed by atoms with E-state index >= 15 is 0 Å². The quantitative estimate of drug-likeness (QED) is 0.763. The van der Waals surface area contributed by atoms with E-state index in [9.17, 15) is 4.79 Å². The van der Waals surface area contributed by atoms with Crippen LogP contribution in [0.15, 0.2) is 24.3 Å². The first-order valence-corrected chi connectivity index (χ1v) is 5.17. The normalized spacial score (nSPS) is 12.4. The molecule has 0 saturated heterocycles. The van der Waals surface area contributed by atoms with Crippen LogP contribution in [0.4, 0.5) is 0 Å². The minimum Gasteiger partial charge on any atom is -0.481 e. The van der Waals surface area contributed by atoms with Crippen LogP contribution >= 0.6 is 0 Å². The number of rotatable bonds is 6. The van der Waals surface area contributed by atoms with Crippen molar-refractivity contribution in [2.24, 2.45) is 5.73 Å². The molecule has 1 rings (SSSR count). The van der Waals surface area contributed by atoms with E-state index in [0.717, 1.165) is 11.1 Å². The van der Waals surface area contributed by atoms with E-state index in [1.807, 2.05) is 24.3 Å². The number of nitrogens with two attached hydrogens (primary N) is 1. The number of carbonyl (C=O) groups is 1. The first-order chi connectivity index (χ1) is 7.67. The highest BCUT2D eigenvalue weighted by Gasteiger charge is 2.13. The molecule has 88 valence electrons. The van der Waals surface area contributed by atoms with Crippen LogP contribution in [-0.4, -0.2) is 24.7 Å². The Morgan fingerprint density at radius 1 is 1.56 bits per heavy atom. The van der Waals surface area contributed by atoms with Gasteiger partial charge in [0.1, 0.15) is 0 Å². The zero-order valence-electron chi connectivity index (χ0n) is 9.35. The van der Waals surface area contributed by atoms with E-state index in [0.29, 0.717) is 13.2 Å². The predicted octanol–water partition coefficient (Wildman–Crippen LogP) is 1.35. The Labute approximate surface area is 95.0 Å². The van der Waals surface area contributed by atoms with Crippen molar-refractivity contribution in [1.82, 2.24) is 0 Å². The molecule has 3 N–H and O–H groups in total. The highest BCUT2D eigenvalue weighted by Crippen LogP contribution is 2.20. The van der Waals surface area contributed by atoms with Gasteiger partial charge >= 0.3 is 5.97 Å². The second-order valence-corrected chi connectivity index (χ2v) is 3.71. The van der Waals surface area contributed by atoms with Crippen LogP contribution < -0.4 is 5.73 Å². The molecule has 0 aliphatic heterocycles. The van der Waals surface area contributed by atoms with Crippen molar-refractivity contribution in [1.29, 1.82) is 0 Å². The van der Waals surface area contributed by atoms with Crippen LogP contribution in [0, 0.1) is 0 Å². The molecule has 0 aromatic heterocycles. The summed E-state index contributed by atoms with van der Waals surface area (Å²) in [6.07, 6.45) is 0.0624. The number of aliphatic carboxylic acids is 1. The highest BCUT2D eigenvalue weighted by molar-refractivity contribution is 5.68. The number of carboxylic acids is 1. The molecule has 1 unspecified atom stereocenters. The molecule has 1 aromatic rings. The Bertz CT molecular complexity index is 352. The van der Waals surface area contributed by atoms with Gasteiger partial charge in [0.2, 0.25) is 0 Å². The minimum atomic E-state index is -0.826. The van der Waals surface area contributed by atoms with Crippen molar-refractivity contribution < 1.29 is 14.6 Å². The van der Waals surface area contributed by atoms with Gasteiger partial charge in [-0.05, 0) is 17.7 Å². The van der Waals surface area contributed by atoms with Crippen LogP contribution in [-0.2, 0) is 16.1 Å². The van der Waals surface area contributed by atoms with Crippen LogP contribution in [0.2, 0.25) is 0 Å². The van der Waals surface area contributed by atoms with Gasteiger partial charge in [-0.15, -0.1) is 0 Å². The van der Waals surface area contributed by atoms with Gasteiger partial charge in [-0.25, -0.2) is 0 Å². The zero-order chi connectivity index (χ0) is 12.0. The number of ether oxygens (including phenoxy) is 1. The lowest BCUT2D eigenvalue weighted by atomic mass is 9.94. The monoisotopic (exact) mass is 223 g/mol. The zero-order valence-corrected chi connectivity index (χ0v) is 9.35. The first-order valence-electron chi connectivity index (χ1n) is 5.17. The van der Waals surface area contributed by atoms with Crippen molar-refractivity contribution in [3.63, 3.8) is 0 Å². The molecule has 0 saturated carbocycles. The maximum Gasteiger partial charge on any atom is 0.304 e. The summed E-state index contributed by atoms with van der Waals surface area (Å²) in [6, 6.07) is 7.69. The van der Waals surface area contributed by atoms with Crippen molar-refractivity contribution in [3.05, 3.63) is 35.4 Å². The summed E-state index contributed by atoms with van der Waals surface area (Å²) in [5.74, 6) is -0.957. The van der Waals surface area contributed by atoms with Crippen LogP contribution in [0.1, 0.15) is 23.5 Å². The Kier molecular flexibility index (Phi) is 4.95. The molecule has 0 aliphatic rings. The second kappa shape index (κ2) is 6.25. The molecule has 0 bridgehead atoms. The minimum absolute atomic E-state index is 0.0624. The van der Waals surface area contributed by atoms with Gasteiger partial charge in [0.25, 0.3) is 0 Å². The summed E-state index contributed by atoms with van der Waals surface area (Å²) >= 11 is 0. The van der Waals surface area contributed by atoms with E-state index < -0.39 is 5.97 Å². The molecule has 0 aliphatic carbocycles. The average Bonchev–Trinajstić information content (AvgIpc) is 2.26. The van der Waals surface area contributed by atoms with Crippen LogP contribution in [0.25, 0.3) is 0 Å². The fraction of sp³-hybridized carbons (Fsp3) is 0.417. The molecule has 1 aromatic carbocycles. The maximum atomic E-state index is 10.7. The average molecular weight is 223 g/mol. The van der Waals surface area contributed by atoms with Gasteiger partial charge in [0.05, 0.1) is 13.0 Å². The number of hydrogen-bond acceptors (Lipinski definition) is 3. The molecule has 16 heavy (non-hydrogen) atoms. The maximum absolute atomic E-state index is 10.7. The third kappa shape index (κ3) is 3.64. The smallest absolute Gasteiger partial charge is 0.304 e. The van der Waals surface area contributed by atoms with Gasteiger partial charge < -0.3 is 15.6 Å². The van der Waals surface area contributed by atoms with Gasteiger partial charge in [-0.1, -0.05) is 24.3 Å². The molecular formula is C12H17NO3. The van der Waals surface area contributed by atoms with Crippen molar-refractivity contribution >= 4 is 5.97 Å². The Balaban J connectivity index is 2.83. The van der Waals surface area contributed by atoms with E-state index in [1.165, 1.54) is 0 Å². The van der Waals surface area contributed by atoms with Crippen LogP contribution in [0.5, 0.6) is 0 Å². The third-order valence-electron chi connectivity index (χ3n) is 2.44. The summed E-state index contributed by atoms with van der Waals surface area (Å²) in [7, 11) is 1.63. The molecule has 1 atom stereocenters. The number of methoxy groups -OCH3 is 1. The summed E-state index contributed by atoms with van der Waals surface area (Å²) in [5, 5.41) is 8.77. The van der Waals surface area contributed by atoms with E-state index in [4.69, 9.17) is 15.6 Å². The molecule has 0 radical (unpaired) electrons. The molecular weight excluding hydrogens is 206 g/mol. The molecule has 0 fully saturated rings. The third-order valence-corrected chi connectivity index (χ3v) is 2.44. The molecule has 4 nitrogen and oxygen atoms in total. The summed E-state index contributed by atoms with van der Waals surface area (Å²) < 4.78 is 5.03. The van der Waals surface area contributed by atoms with E-state index in [1.54, 1.807) is 7.11 Å². The largest absolute Gasteiger partial charge is 0.481 e. The fourth-order valence-electron chi connectivity index (χ4n) is 1.65. The number of hydrogen-bond donors (Lipinski definition) is 2. The SMILES string of the molecule is COCc1cccc(C(CN)CC(=O)O)c1. The molecule has 0 heterocycles. The number of carboxylic acid groups (broad SMARTS) is 1. The Morgan fingerprint density at radius 2 is 2.31 bits per heavy atom. The fourth-order valence-corrected chi connectivity index (χ4v) is 1.65. The summed E-state index contributed by atoms with van der Waals surface area (Å²) in [4.78, 5) is 10.7. The van der Waals surface area contributed by atoms with Gasteiger partial charge in [-0.3, -0.25) is 4.79 Å². The first kappa shape index (κ1) is 12.7. The number of benzene rings is 1. The van der Waals surface area contributed by atoms with Gasteiger partial charge in [0.15, 0.2) is 0 Å². The van der Waals surface area contributed by atoms with Crippen molar-refractivity contribution in [2.75, 3.05) is 13.7 Å². The van der Waals surface area contributed by atoms with E-state index in [2.05, 4.69) is 0 Å². The molecule has 4 heteroatoms. The van der Waals surface area contributed by atoms with Gasteiger partial charge in [-0.2, -0.15) is 0 Å². The summed E-state index contributed by atoms with van der Waals surface area (Å²) in [6.45, 7) is 0.862. The molecule has 0 amide bonds. The van der Waals surface area contributed by atoms with Crippen molar-refractivity contribution in [3.8, 4) is 0 Å². The predicted molar refractivity (Wildman–Crippen MR) is 61.2 cm³/mol. The molecule has 0 spiro atoms. The highest BCUT2D eigenvalue weighted by atomic mass is 16.5. The second-order valence-electron chi connectivity index (χ2n) is 3.71.